The molecule has 0 aliphatic heterocycles. The fourth-order valence-corrected chi connectivity index (χ4v) is 1.65. The zero-order chi connectivity index (χ0) is 11.8. The van der Waals surface area contributed by atoms with E-state index in [0.717, 1.165) is 5.56 Å². The van der Waals surface area contributed by atoms with Crippen LogP contribution in [-0.2, 0) is 0 Å². The zero-order valence-corrected chi connectivity index (χ0v) is 11.9. The summed E-state index contributed by atoms with van der Waals surface area (Å²) in [5, 5.41) is 14.0. The van der Waals surface area contributed by atoms with Gasteiger partial charge in [-0.25, -0.2) is 4.98 Å². The molecule has 84 valence electrons. The molecular weight excluding hydrogens is 243 g/mol. The molecule has 3 aromatic heterocycles. The molecule has 0 spiro atoms. The van der Waals surface area contributed by atoms with Crippen molar-refractivity contribution in [2.45, 2.75) is 6.92 Å². The van der Waals surface area contributed by atoms with E-state index in [4.69, 9.17) is 0 Å². The van der Waals surface area contributed by atoms with Gasteiger partial charge in [-0.2, -0.15) is 5.21 Å². The van der Waals surface area contributed by atoms with Gasteiger partial charge in [0.25, 0.3) is 5.56 Å². The van der Waals surface area contributed by atoms with Crippen LogP contribution in [0.1, 0.15) is 5.56 Å². The Balaban J connectivity index is 0.00000120. The van der Waals surface area contributed by atoms with Crippen LogP contribution in [0.5, 0.6) is 0 Å². The summed E-state index contributed by atoms with van der Waals surface area (Å²) in [6.45, 7) is 1.89. The van der Waals surface area contributed by atoms with E-state index in [2.05, 4.69) is 25.6 Å². The van der Waals surface area contributed by atoms with Crippen LogP contribution < -0.4 is 40.2 Å². The monoisotopic (exact) mass is 250 g/mol. The van der Waals surface area contributed by atoms with Crippen molar-refractivity contribution in [1.29, 1.82) is 0 Å². The maximum Gasteiger partial charge on any atom is 1.00 e. The van der Waals surface area contributed by atoms with Gasteiger partial charge < -0.3 is 5.10 Å². The number of hydrogen-bond acceptors (Lipinski definition) is 5. The Morgan fingerprint density at radius 3 is 2.94 bits per heavy atom. The van der Waals surface area contributed by atoms with Crippen LogP contribution in [-0.4, -0.2) is 24.9 Å². The molecule has 0 amide bonds. The van der Waals surface area contributed by atoms with Crippen molar-refractivity contribution >= 4 is 5.65 Å². The van der Waals surface area contributed by atoms with E-state index in [9.17, 15) is 4.79 Å². The number of rotatable bonds is 1. The van der Waals surface area contributed by atoms with E-state index < -0.39 is 0 Å². The van der Waals surface area contributed by atoms with Gasteiger partial charge in [0, 0.05) is 18.2 Å². The van der Waals surface area contributed by atoms with Gasteiger partial charge in [0.15, 0.2) is 0 Å². The van der Waals surface area contributed by atoms with Gasteiger partial charge >= 0.3 is 29.6 Å². The number of aryl methyl sites for hydroxylation is 1. The first-order valence-electron chi connectivity index (χ1n) is 4.93. The average molecular weight is 250 g/mol. The van der Waals surface area contributed by atoms with E-state index in [-0.39, 0.29) is 46.5 Å². The van der Waals surface area contributed by atoms with Crippen LogP contribution in [0.2, 0.25) is 0 Å². The first-order valence-corrected chi connectivity index (χ1v) is 4.93. The number of fused-ring (bicyclic) bond motifs is 1. The molecule has 0 saturated carbocycles. The van der Waals surface area contributed by atoms with Crippen molar-refractivity contribution < 1.29 is 29.6 Å². The Morgan fingerprint density at radius 1 is 1.39 bits per heavy atom. The third kappa shape index (κ3) is 1.96. The first-order chi connectivity index (χ1) is 8.27. The van der Waals surface area contributed by atoms with Crippen molar-refractivity contribution in [2.24, 2.45) is 0 Å². The summed E-state index contributed by atoms with van der Waals surface area (Å²) in [4.78, 5) is 16.4. The Kier molecular flexibility index (Phi) is 3.55. The zero-order valence-electron chi connectivity index (χ0n) is 9.90. The third-order valence-electron chi connectivity index (χ3n) is 2.49. The number of nitrogens with zero attached hydrogens (tertiary/aromatic N) is 6. The van der Waals surface area contributed by atoms with Gasteiger partial charge in [-0.05, 0) is 18.6 Å². The molecule has 3 heterocycles. The third-order valence-corrected chi connectivity index (χ3v) is 2.49. The number of aromatic nitrogens is 6. The van der Waals surface area contributed by atoms with Crippen LogP contribution in [0.4, 0.5) is 0 Å². The quantitative estimate of drug-likeness (QED) is 0.423. The van der Waals surface area contributed by atoms with Crippen molar-refractivity contribution in [3.63, 3.8) is 0 Å². The molecule has 0 aliphatic rings. The molecule has 7 nitrogen and oxygen atoms in total. The van der Waals surface area contributed by atoms with Crippen molar-refractivity contribution in [1.82, 2.24) is 30.0 Å². The van der Waals surface area contributed by atoms with Gasteiger partial charge in [0.2, 0.25) is 0 Å². The Bertz CT molecular complexity index is 736. The minimum absolute atomic E-state index is 0. The topological polar surface area (TPSA) is 87.1 Å². The Labute approximate surface area is 124 Å². The second-order valence-electron chi connectivity index (χ2n) is 3.56. The van der Waals surface area contributed by atoms with Crippen LogP contribution in [0.25, 0.3) is 17.0 Å². The molecule has 0 aliphatic carbocycles. The number of hydrogen-bond donors (Lipinski definition) is 0. The molecule has 0 saturated heterocycles. The van der Waals surface area contributed by atoms with E-state index in [1.54, 1.807) is 12.3 Å². The van der Waals surface area contributed by atoms with Gasteiger partial charge in [-0.15, -0.1) is 0 Å². The van der Waals surface area contributed by atoms with Gasteiger partial charge in [-0.3, -0.25) is 19.5 Å². The summed E-state index contributed by atoms with van der Waals surface area (Å²) in [5.41, 5.74) is 1.61. The summed E-state index contributed by atoms with van der Waals surface area (Å²) >= 11 is 0. The number of pyridine rings is 1. The summed E-state index contributed by atoms with van der Waals surface area (Å²) in [7, 11) is 0. The normalized spacial score (nSPS) is 10.3. The predicted octanol–water partition coefficient (Wildman–Crippen LogP) is -3.18. The smallest absolute Gasteiger partial charge is 0.330 e. The molecule has 18 heavy (non-hydrogen) atoms. The largest absolute Gasteiger partial charge is 1.00 e. The van der Waals surface area contributed by atoms with Gasteiger partial charge in [0.05, 0.1) is 5.56 Å². The molecule has 0 fully saturated rings. The first kappa shape index (κ1) is 12.9. The fourth-order valence-electron chi connectivity index (χ4n) is 1.65. The van der Waals surface area contributed by atoms with E-state index in [1.807, 2.05) is 13.0 Å². The van der Waals surface area contributed by atoms with E-state index in [1.165, 1.54) is 10.6 Å². The molecule has 8 heteroatoms. The summed E-state index contributed by atoms with van der Waals surface area (Å²) in [6.07, 6.45) is 3.11. The molecule has 0 bridgehead atoms. The van der Waals surface area contributed by atoms with Crippen LogP contribution in [0.3, 0.4) is 0 Å². The Hall–Kier alpha value is -1.57. The minimum Gasteiger partial charge on any atom is -0.330 e. The van der Waals surface area contributed by atoms with Gasteiger partial charge in [0.1, 0.15) is 5.65 Å². The predicted molar refractivity (Wildman–Crippen MR) is 58.3 cm³/mol. The molecular formula is C10H7N6NaO. The molecule has 0 N–H and O–H groups in total. The average Bonchev–Trinajstić information content (AvgIpc) is 2.84. The molecule has 0 atom stereocenters. The van der Waals surface area contributed by atoms with Crippen LogP contribution in [0, 0.1) is 6.92 Å². The standard InChI is InChI=1S/C10H7N6O.Na/c1-6-3-2-4-16-9(6)11-5-7(10(16)17)8-12-14-15-13-8;/h2-5H,1H3;/q-1;+1. The van der Waals surface area contributed by atoms with Crippen LogP contribution >= 0.6 is 0 Å². The van der Waals surface area contributed by atoms with Gasteiger partial charge in [-0.1, -0.05) is 6.07 Å². The second-order valence-corrected chi connectivity index (χ2v) is 3.56. The fraction of sp³-hybridized carbons (Fsp3) is 0.100. The maximum absolute atomic E-state index is 12.2. The SMILES string of the molecule is Cc1cccn2c(=O)c(-c3nnn[n-]3)cnc12.[Na+]. The van der Waals surface area contributed by atoms with E-state index in [0.29, 0.717) is 5.65 Å². The minimum atomic E-state index is -0.228. The van der Waals surface area contributed by atoms with Crippen LogP contribution in [0.15, 0.2) is 29.3 Å². The summed E-state index contributed by atoms with van der Waals surface area (Å²) in [6, 6.07) is 3.68. The molecule has 0 aromatic carbocycles. The maximum atomic E-state index is 12.2. The second kappa shape index (κ2) is 4.97. The van der Waals surface area contributed by atoms with Crippen molar-refractivity contribution in [3.8, 4) is 11.4 Å². The Morgan fingerprint density at radius 2 is 2.22 bits per heavy atom. The summed E-state index contributed by atoms with van der Waals surface area (Å²) < 4.78 is 1.46. The summed E-state index contributed by atoms with van der Waals surface area (Å²) in [5.74, 6) is 0.193. The van der Waals surface area contributed by atoms with E-state index >= 15 is 0 Å². The van der Waals surface area contributed by atoms with Crippen molar-refractivity contribution in [2.75, 3.05) is 0 Å². The molecule has 0 radical (unpaired) electrons. The molecule has 0 unspecified atom stereocenters. The molecule has 3 rings (SSSR count). The number of tetrazole rings is 1. The van der Waals surface area contributed by atoms with Crippen molar-refractivity contribution in [3.05, 3.63) is 40.4 Å². The molecule has 3 aromatic rings.